The van der Waals surface area contributed by atoms with Gasteiger partial charge in [0.1, 0.15) is 0 Å². The molecule has 18 heavy (non-hydrogen) atoms. The summed E-state index contributed by atoms with van der Waals surface area (Å²) in [6.07, 6.45) is 3.51. The Morgan fingerprint density at radius 2 is 2.17 bits per heavy atom. The van der Waals surface area contributed by atoms with Crippen molar-refractivity contribution in [1.29, 1.82) is 0 Å². The first-order valence-corrected chi connectivity index (χ1v) is 7.53. The van der Waals surface area contributed by atoms with E-state index in [1.54, 1.807) is 11.3 Å². The summed E-state index contributed by atoms with van der Waals surface area (Å²) in [7, 11) is 0. The maximum atomic E-state index is 11.4. The van der Waals surface area contributed by atoms with Crippen molar-refractivity contribution in [3.05, 3.63) is 16.1 Å². The van der Waals surface area contributed by atoms with E-state index in [1.807, 2.05) is 0 Å². The van der Waals surface area contributed by atoms with E-state index in [0.717, 1.165) is 30.0 Å². The number of carbonyl (C=O) groups excluding carboxylic acids is 1. The van der Waals surface area contributed by atoms with Gasteiger partial charge in [0.15, 0.2) is 0 Å². The van der Waals surface area contributed by atoms with Crippen LogP contribution in [0, 0.1) is 0 Å². The summed E-state index contributed by atoms with van der Waals surface area (Å²) in [5, 5.41) is 6.17. The van der Waals surface area contributed by atoms with Crippen LogP contribution in [-0.2, 0) is 16.6 Å². The normalized spacial score (nSPS) is 11.6. The number of aromatic nitrogens is 1. The first-order valence-electron chi connectivity index (χ1n) is 6.65. The molecule has 0 spiro atoms. The van der Waals surface area contributed by atoms with E-state index in [-0.39, 0.29) is 11.3 Å². The zero-order valence-corrected chi connectivity index (χ0v) is 12.7. The van der Waals surface area contributed by atoms with E-state index in [4.69, 9.17) is 0 Å². The van der Waals surface area contributed by atoms with Crippen molar-refractivity contribution in [3.8, 4) is 0 Å². The Morgan fingerprint density at radius 3 is 2.72 bits per heavy atom. The van der Waals surface area contributed by atoms with Crippen LogP contribution < -0.4 is 5.32 Å². The fourth-order valence-corrected chi connectivity index (χ4v) is 2.53. The second-order valence-electron chi connectivity index (χ2n) is 5.58. The van der Waals surface area contributed by atoms with E-state index in [0.29, 0.717) is 13.0 Å². The number of hydrogen-bond donors (Lipinski definition) is 1. The van der Waals surface area contributed by atoms with Crippen molar-refractivity contribution in [1.82, 2.24) is 10.3 Å². The quantitative estimate of drug-likeness (QED) is 0.860. The first-order chi connectivity index (χ1) is 8.43. The molecular weight excluding hydrogens is 244 g/mol. The van der Waals surface area contributed by atoms with Gasteiger partial charge in [-0.15, -0.1) is 11.3 Å². The standard InChI is InChI=1S/C14H24N2OS/c1-5-6-7-12(17)15-9-8-13-16-11(10-18-13)14(2,3)4/h10H,5-9H2,1-4H3,(H,15,17). The second-order valence-corrected chi connectivity index (χ2v) is 6.52. The zero-order valence-electron chi connectivity index (χ0n) is 11.9. The third-order valence-corrected chi connectivity index (χ3v) is 3.65. The summed E-state index contributed by atoms with van der Waals surface area (Å²) < 4.78 is 0. The summed E-state index contributed by atoms with van der Waals surface area (Å²) in [6, 6.07) is 0. The van der Waals surface area contributed by atoms with Crippen LogP contribution in [0.15, 0.2) is 5.38 Å². The molecule has 1 amide bonds. The van der Waals surface area contributed by atoms with E-state index < -0.39 is 0 Å². The summed E-state index contributed by atoms with van der Waals surface area (Å²) >= 11 is 1.68. The Balaban J connectivity index is 2.32. The average molecular weight is 268 g/mol. The number of hydrogen-bond acceptors (Lipinski definition) is 3. The van der Waals surface area contributed by atoms with Gasteiger partial charge in [0, 0.05) is 30.2 Å². The zero-order chi connectivity index (χ0) is 13.6. The minimum absolute atomic E-state index is 0.110. The first kappa shape index (κ1) is 15.2. The highest BCUT2D eigenvalue weighted by Crippen LogP contribution is 2.23. The van der Waals surface area contributed by atoms with Gasteiger partial charge in [-0.2, -0.15) is 0 Å². The number of amides is 1. The van der Waals surface area contributed by atoms with Crippen LogP contribution in [0.3, 0.4) is 0 Å². The molecule has 0 saturated carbocycles. The molecule has 0 radical (unpaired) electrons. The minimum Gasteiger partial charge on any atom is -0.356 e. The minimum atomic E-state index is 0.110. The van der Waals surface area contributed by atoms with E-state index in [2.05, 4.69) is 43.4 Å². The maximum absolute atomic E-state index is 11.4. The van der Waals surface area contributed by atoms with E-state index >= 15 is 0 Å². The van der Waals surface area contributed by atoms with Crippen molar-refractivity contribution < 1.29 is 4.79 Å². The predicted octanol–water partition coefficient (Wildman–Crippen LogP) is 3.29. The van der Waals surface area contributed by atoms with Gasteiger partial charge in [-0.05, 0) is 6.42 Å². The molecule has 0 saturated heterocycles. The molecule has 0 aliphatic rings. The number of nitrogens with one attached hydrogen (secondary N) is 1. The summed E-state index contributed by atoms with van der Waals surface area (Å²) in [5.41, 5.74) is 1.25. The van der Waals surface area contributed by atoms with Crippen LogP contribution in [0.2, 0.25) is 0 Å². The molecule has 4 heteroatoms. The summed E-state index contributed by atoms with van der Waals surface area (Å²) in [5.74, 6) is 0.157. The molecule has 0 aromatic carbocycles. The highest BCUT2D eigenvalue weighted by molar-refractivity contribution is 7.09. The lowest BCUT2D eigenvalue weighted by Crippen LogP contribution is -2.25. The molecule has 0 fully saturated rings. The number of carbonyl (C=O) groups is 1. The molecule has 1 N–H and O–H groups in total. The molecule has 1 heterocycles. The average Bonchev–Trinajstić information content (AvgIpc) is 2.74. The second kappa shape index (κ2) is 6.88. The van der Waals surface area contributed by atoms with E-state index in [9.17, 15) is 4.79 Å². The molecule has 1 rings (SSSR count). The summed E-state index contributed by atoms with van der Waals surface area (Å²) in [6.45, 7) is 9.28. The number of rotatable bonds is 6. The molecule has 0 unspecified atom stereocenters. The summed E-state index contributed by atoms with van der Waals surface area (Å²) in [4.78, 5) is 16.0. The number of unbranched alkanes of at least 4 members (excludes halogenated alkanes) is 1. The Morgan fingerprint density at radius 1 is 1.44 bits per heavy atom. The highest BCUT2D eigenvalue weighted by atomic mass is 32.1. The predicted molar refractivity (Wildman–Crippen MR) is 77.1 cm³/mol. The van der Waals surface area contributed by atoms with Crippen molar-refractivity contribution in [2.75, 3.05) is 6.54 Å². The fourth-order valence-electron chi connectivity index (χ4n) is 1.50. The van der Waals surface area contributed by atoms with Crippen molar-refractivity contribution in [2.24, 2.45) is 0 Å². The number of nitrogens with zero attached hydrogens (tertiary/aromatic N) is 1. The maximum Gasteiger partial charge on any atom is 0.220 e. The molecule has 3 nitrogen and oxygen atoms in total. The van der Waals surface area contributed by atoms with Crippen molar-refractivity contribution >= 4 is 17.2 Å². The third kappa shape index (κ3) is 5.17. The lowest BCUT2D eigenvalue weighted by Gasteiger charge is -2.14. The van der Waals surface area contributed by atoms with Gasteiger partial charge in [0.25, 0.3) is 0 Å². The van der Waals surface area contributed by atoms with Crippen molar-refractivity contribution in [2.45, 2.75) is 58.8 Å². The van der Waals surface area contributed by atoms with Gasteiger partial charge < -0.3 is 5.32 Å². The molecule has 0 bridgehead atoms. The largest absolute Gasteiger partial charge is 0.356 e. The topological polar surface area (TPSA) is 42.0 Å². The van der Waals surface area contributed by atoms with Gasteiger partial charge in [-0.25, -0.2) is 4.98 Å². The molecule has 1 aromatic heterocycles. The van der Waals surface area contributed by atoms with E-state index in [1.165, 1.54) is 0 Å². The SMILES string of the molecule is CCCCC(=O)NCCc1nc(C(C)(C)C)cs1. The van der Waals surface area contributed by atoms with Crippen LogP contribution in [-0.4, -0.2) is 17.4 Å². The van der Waals surface area contributed by atoms with Gasteiger partial charge in [-0.1, -0.05) is 34.1 Å². The van der Waals surface area contributed by atoms with Crippen LogP contribution >= 0.6 is 11.3 Å². The Bertz CT molecular complexity index is 379. The lowest BCUT2D eigenvalue weighted by molar-refractivity contribution is -0.121. The molecule has 1 aromatic rings. The van der Waals surface area contributed by atoms with Crippen LogP contribution in [0.25, 0.3) is 0 Å². The lowest BCUT2D eigenvalue weighted by atomic mass is 9.93. The molecule has 102 valence electrons. The fraction of sp³-hybridized carbons (Fsp3) is 0.714. The van der Waals surface area contributed by atoms with Crippen LogP contribution in [0.1, 0.15) is 57.7 Å². The van der Waals surface area contributed by atoms with Gasteiger partial charge in [-0.3, -0.25) is 4.79 Å². The van der Waals surface area contributed by atoms with Gasteiger partial charge in [0.05, 0.1) is 10.7 Å². The smallest absolute Gasteiger partial charge is 0.220 e. The monoisotopic (exact) mass is 268 g/mol. The molecule has 0 aliphatic carbocycles. The van der Waals surface area contributed by atoms with Crippen molar-refractivity contribution in [3.63, 3.8) is 0 Å². The molecule has 0 atom stereocenters. The Labute approximate surface area is 114 Å². The molecule has 0 aliphatic heterocycles. The third-order valence-electron chi connectivity index (χ3n) is 2.74. The Kier molecular flexibility index (Phi) is 5.79. The van der Waals surface area contributed by atoms with Crippen LogP contribution in [0.4, 0.5) is 0 Å². The van der Waals surface area contributed by atoms with Crippen LogP contribution in [0.5, 0.6) is 0 Å². The van der Waals surface area contributed by atoms with Gasteiger partial charge in [0.2, 0.25) is 5.91 Å². The Hall–Kier alpha value is -0.900. The highest BCUT2D eigenvalue weighted by Gasteiger charge is 2.17. The number of thiazole rings is 1. The molecular formula is C14H24N2OS. The van der Waals surface area contributed by atoms with Gasteiger partial charge >= 0.3 is 0 Å².